The number of rotatable bonds is 1. The molecule has 0 radical (unpaired) electrons. The van der Waals surface area contributed by atoms with Crippen molar-refractivity contribution in [3.8, 4) is 0 Å². The van der Waals surface area contributed by atoms with Gasteiger partial charge in [-0.2, -0.15) is 4.98 Å². The van der Waals surface area contributed by atoms with Crippen LogP contribution in [0.25, 0.3) is 0 Å². The van der Waals surface area contributed by atoms with Crippen molar-refractivity contribution in [1.29, 1.82) is 0 Å². The van der Waals surface area contributed by atoms with Crippen molar-refractivity contribution in [3.05, 3.63) is 22.7 Å². The summed E-state index contributed by atoms with van der Waals surface area (Å²) in [6.45, 7) is 0. The second kappa shape index (κ2) is 3.78. The van der Waals surface area contributed by atoms with E-state index < -0.39 is 29.7 Å². The molecule has 7 nitrogen and oxygen atoms in total. The Balaban J connectivity index is 1.90. The molecule has 3 rings (SSSR count). The van der Waals surface area contributed by atoms with E-state index in [1.165, 1.54) is 16.8 Å². The first kappa shape index (κ1) is 11.6. The number of hydrogen-bond donors (Lipinski definition) is 3. The van der Waals surface area contributed by atoms with Crippen LogP contribution in [0.15, 0.2) is 17.1 Å². The van der Waals surface area contributed by atoms with Crippen LogP contribution in [-0.2, 0) is 4.74 Å². The summed E-state index contributed by atoms with van der Waals surface area (Å²) < 4.78 is 6.88. The van der Waals surface area contributed by atoms with Crippen LogP contribution in [0.4, 0.5) is 5.82 Å². The number of ether oxygens (including phenoxy) is 1. The molecule has 1 aliphatic heterocycles. The summed E-state index contributed by atoms with van der Waals surface area (Å²) in [6, 6.07) is 1.50. The van der Waals surface area contributed by atoms with Crippen molar-refractivity contribution < 1.29 is 14.9 Å². The highest BCUT2D eigenvalue weighted by Gasteiger charge is 2.55. The first-order chi connectivity index (χ1) is 8.49. The topological polar surface area (TPSA) is 111 Å². The minimum Gasteiger partial charge on any atom is -0.390 e. The summed E-state index contributed by atoms with van der Waals surface area (Å²) >= 11 is 0. The van der Waals surface area contributed by atoms with Gasteiger partial charge in [0.15, 0.2) is 0 Å². The van der Waals surface area contributed by atoms with Crippen LogP contribution in [-0.4, -0.2) is 37.6 Å². The molecule has 4 N–H and O–H groups in total. The van der Waals surface area contributed by atoms with Crippen LogP contribution in [0, 0.1) is 0 Å². The quantitative estimate of drug-likeness (QED) is 0.592. The van der Waals surface area contributed by atoms with Crippen molar-refractivity contribution in [1.82, 2.24) is 9.55 Å². The summed E-state index contributed by atoms with van der Waals surface area (Å²) in [5, 5.41) is 20.1. The molecule has 1 aliphatic carbocycles. The third kappa shape index (κ3) is 1.63. The molecule has 7 heteroatoms. The SMILES string of the molecule is Nc1ccn([C@@H]2C[C@@]3(O)CC[C@@H](O)[C@H]3O2)c(=O)n1. The normalized spacial score (nSPS) is 38.9. The molecule has 18 heavy (non-hydrogen) atoms. The fraction of sp³-hybridized carbons (Fsp3) is 0.636. The van der Waals surface area contributed by atoms with E-state index in [1.54, 1.807) is 0 Å². The lowest BCUT2D eigenvalue weighted by atomic mass is 9.97. The first-order valence-corrected chi connectivity index (χ1v) is 5.90. The number of hydrogen-bond acceptors (Lipinski definition) is 6. The second-order valence-electron chi connectivity index (χ2n) is 4.97. The van der Waals surface area contributed by atoms with Crippen molar-refractivity contribution in [3.63, 3.8) is 0 Å². The van der Waals surface area contributed by atoms with E-state index in [0.717, 1.165) is 0 Å². The first-order valence-electron chi connectivity index (χ1n) is 5.90. The predicted molar refractivity (Wildman–Crippen MR) is 61.6 cm³/mol. The number of nitrogens with zero attached hydrogens (tertiary/aromatic N) is 2. The molecule has 0 amide bonds. The van der Waals surface area contributed by atoms with Gasteiger partial charge in [0.2, 0.25) is 0 Å². The summed E-state index contributed by atoms with van der Waals surface area (Å²) in [6.07, 6.45) is 0.849. The Morgan fingerprint density at radius 2 is 2.39 bits per heavy atom. The molecule has 0 spiro atoms. The van der Waals surface area contributed by atoms with Gasteiger partial charge in [0, 0.05) is 12.6 Å². The summed E-state index contributed by atoms with van der Waals surface area (Å²) in [4.78, 5) is 15.3. The Morgan fingerprint density at radius 1 is 1.61 bits per heavy atom. The van der Waals surface area contributed by atoms with Crippen molar-refractivity contribution in [2.75, 3.05) is 5.73 Å². The number of aromatic nitrogens is 2. The molecule has 98 valence electrons. The Labute approximate surface area is 103 Å². The van der Waals surface area contributed by atoms with Gasteiger partial charge in [0.25, 0.3) is 0 Å². The molecule has 2 aliphatic rings. The van der Waals surface area contributed by atoms with Crippen LogP contribution in [0.3, 0.4) is 0 Å². The van der Waals surface area contributed by atoms with E-state index in [9.17, 15) is 15.0 Å². The van der Waals surface area contributed by atoms with Gasteiger partial charge in [0.1, 0.15) is 18.1 Å². The van der Waals surface area contributed by atoms with Crippen molar-refractivity contribution in [2.24, 2.45) is 0 Å². The highest BCUT2D eigenvalue weighted by Crippen LogP contribution is 2.45. The molecule has 2 fully saturated rings. The van der Waals surface area contributed by atoms with Crippen molar-refractivity contribution >= 4 is 5.82 Å². The van der Waals surface area contributed by atoms with Gasteiger partial charge < -0.3 is 20.7 Å². The maximum Gasteiger partial charge on any atom is 0.351 e. The van der Waals surface area contributed by atoms with Crippen LogP contribution in [0.2, 0.25) is 0 Å². The smallest absolute Gasteiger partial charge is 0.351 e. The number of nitrogen functional groups attached to an aromatic ring is 1. The molecule has 0 unspecified atom stereocenters. The van der Waals surface area contributed by atoms with Crippen LogP contribution < -0.4 is 11.4 Å². The summed E-state index contributed by atoms with van der Waals surface area (Å²) in [5.41, 5.74) is 3.85. The van der Waals surface area contributed by atoms with Crippen LogP contribution in [0.1, 0.15) is 25.5 Å². The molecule has 2 heterocycles. The van der Waals surface area contributed by atoms with Crippen LogP contribution >= 0.6 is 0 Å². The number of aliphatic hydroxyl groups excluding tert-OH is 1. The average molecular weight is 253 g/mol. The lowest BCUT2D eigenvalue weighted by Gasteiger charge is -2.20. The predicted octanol–water partition coefficient (Wildman–Crippen LogP) is -1.00. The third-order valence-electron chi connectivity index (χ3n) is 3.75. The number of anilines is 1. The maximum absolute atomic E-state index is 11.7. The fourth-order valence-electron chi connectivity index (χ4n) is 2.81. The average Bonchev–Trinajstić information content (AvgIpc) is 2.76. The lowest BCUT2D eigenvalue weighted by Crippen LogP contribution is -2.37. The van der Waals surface area contributed by atoms with E-state index in [0.29, 0.717) is 12.8 Å². The second-order valence-corrected chi connectivity index (χ2v) is 4.97. The van der Waals surface area contributed by atoms with Gasteiger partial charge in [0.05, 0.1) is 11.7 Å². The van der Waals surface area contributed by atoms with Crippen LogP contribution in [0.5, 0.6) is 0 Å². The highest BCUT2D eigenvalue weighted by molar-refractivity contribution is 5.23. The maximum atomic E-state index is 11.7. The summed E-state index contributed by atoms with van der Waals surface area (Å²) in [7, 11) is 0. The number of fused-ring (bicyclic) bond motifs is 1. The molecular formula is C11H15N3O4. The third-order valence-corrected chi connectivity index (χ3v) is 3.75. The number of nitrogens with two attached hydrogens (primary N) is 1. The Hall–Kier alpha value is -1.44. The molecule has 0 aromatic carbocycles. The zero-order valence-electron chi connectivity index (χ0n) is 9.69. The molecule has 1 saturated heterocycles. The Morgan fingerprint density at radius 3 is 3.06 bits per heavy atom. The fourth-order valence-corrected chi connectivity index (χ4v) is 2.81. The van der Waals surface area contributed by atoms with E-state index in [1.807, 2.05) is 0 Å². The summed E-state index contributed by atoms with van der Waals surface area (Å²) in [5.74, 6) is 0.146. The van der Waals surface area contributed by atoms with E-state index in [4.69, 9.17) is 10.5 Å². The Kier molecular flexibility index (Phi) is 2.44. The minimum atomic E-state index is -1.05. The van der Waals surface area contributed by atoms with Gasteiger partial charge in [-0.3, -0.25) is 4.57 Å². The zero-order valence-corrected chi connectivity index (χ0v) is 9.69. The minimum absolute atomic E-state index is 0.146. The molecule has 0 bridgehead atoms. The van der Waals surface area contributed by atoms with Gasteiger partial charge in [-0.1, -0.05) is 0 Å². The monoisotopic (exact) mass is 253 g/mol. The van der Waals surface area contributed by atoms with E-state index in [-0.39, 0.29) is 12.2 Å². The molecule has 1 aromatic heterocycles. The highest BCUT2D eigenvalue weighted by atomic mass is 16.6. The van der Waals surface area contributed by atoms with Gasteiger partial charge in [-0.25, -0.2) is 4.79 Å². The van der Waals surface area contributed by atoms with Crippen molar-refractivity contribution in [2.45, 2.75) is 43.3 Å². The standard InChI is InChI=1S/C11H15N3O4/c12-7-2-4-14(10(16)13-7)8-5-11(17)3-1-6(15)9(11)18-8/h2,4,6,8-9,15,17H,1,3,5H2,(H2,12,13,16)/t6-,8+,9-,11+/m1/s1. The molecular weight excluding hydrogens is 238 g/mol. The molecule has 4 atom stereocenters. The van der Waals surface area contributed by atoms with Gasteiger partial charge in [-0.05, 0) is 18.9 Å². The number of aliphatic hydroxyl groups is 2. The Bertz CT molecular complexity index is 531. The van der Waals surface area contributed by atoms with E-state index in [2.05, 4.69) is 4.98 Å². The lowest BCUT2D eigenvalue weighted by molar-refractivity contribution is -0.0854. The van der Waals surface area contributed by atoms with Gasteiger partial charge >= 0.3 is 5.69 Å². The largest absolute Gasteiger partial charge is 0.390 e. The van der Waals surface area contributed by atoms with Gasteiger partial charge in [-0.15, -0.1) is 0 Å². The molecule has 1 aromatic rings. The zero-order chi connectivity index (χ0) is 12.9. The molecule has 1 saturated carbocycles. The van der Waals surface area contributed by atoms with E-state index >= 15 is 0 Å².